The molecule has 2 rings (SSSR count). The second-order valence-corrected chi connectivity index (χ2v) is 6.01. The van der Waals surface area contributed by atoms with Crippen molar-refractivity contribution >= 4 is 59.3 Å². The Morgan fingerprint density at radius 3 is 2.35 bits per heavy atom. The molecule has 0 fully saturated rings. The zero-order valence-corrected chi connectivity index (χ0v) is 13.7. The molecule has 0 bridgehead atoms. The second-order valence-electron chi connectivity index (χ2n) is 3.51. The van der Waals surface area contributed by atoms with Gasteiger partial charge < -0.3 is 5.32 Å². The monoisotopic (exact) mass is 418 g/mol. The summed E-state index contributed by atoms with van der Waals surface area (Å²) in [6, 6.07) is 7.90. The first kappa shape index (κ1) is 13.1. The fourth-order valence-corrected chi connectivity index (χ4v) is 2.89. The molecule has 0 spiro atoms. The number of hydrogen-bond donors (Lipinski definition) is 1. The molecule has 2 nitrogen and oxygen atoms in total. The van der Waals surface area contributed by atoms with Crippen molar-refractivity contribution in [1.82, 2.24) is 4.98 Å². The van der Waals surface area contributed by atoms with E-state index in [1.165, 1.54) is 0 Å². The first-order chi connectivity index (χ1) is 8.09. The second kappa shape index (κ2) is 5.50. The fourth-order valence-electron chi connectivity index (χ4n) is 1.36. The molecule has 0 aliphatic rings. The molecule has 1 aromatic carbocycles. The number of halogens is 3. The Labute approximate surface area is 125 Å². The van der Waals surface area contributed by atoms with E-state index < -0.39 is 0 Å². The summed E-state index contributed by atoms with van der Waals surface area (Å²) in [5.74, 6) is 0.803. The molecule has 2 aromatic rings. The summed E-state index contributed by atoms with van der Waals surface area (Å²) >= 11 is 10.6. The molecule has 17 heavy (non-hydrogen) atoms. The predicted octanol–water partition coefficient (Wildman–Crippen LogP) is 5.42. The van der Waals surface area contributed by atoms with E-state index in [2.05, 4.69) is 58.1 Å². The van der Waals surface area contributed by atoms with E-state index in [1.807, 2.05) is 31.2 Å². The van der Waals surface area contributed by atoms with E-state index >= 15 is 0 Å². The Hall–Kier alpha value is -0.390. The standard InChI is InChI=1S/C12H9Br3N2/c1-7-5-6-16-12(10(7)15)17-11-8(13)3-2-4-9(11)14/h2-6H,1H3,(H,16,17). The van der Waals surface area contributed by atoms with Crippen molar-refractivity contribution in [3.8, 4) is 0 Å². The van der Waals surface area contributed by atoms with Crippen LogP contribution in [0.1, 0.15) is 5.56 Å². The minimum Gasteiger partial charge on any atom is -0.337 e. The summed E-state index contributed by atoms with van der Waals surface area (Å²) in [6.45, 7) is 2.03. The maximum atomic E-state index is 4.32. The first-order valence-corrected chi connectivity index (χ1v) is 7.29. The molecule has 0 amide bonds. The Morgan fingerprint density at radius 1 is 1.06 bits per heavy atom. The van der Waals surface area contributed by atoms with Crippen LogP contribution in [0.25, 0.3) is 0 Å². The summed E-state index contributed by atoms with van der Waals surface area (Å²) in [4.78, 5) is 4.32. The Morgan fingerprint density at radius 2 is 1.71 bits per heavy atom. The average Bonchev–Trinajstić information content (AvgIpc) is 2.29. The van der Waals surface area contributed by atoms with Crippen molar-refractivity contribution in [3.05, 3.63) is 49.4 Å². The van der Waals surface area contributed by atoms with Crippen LogP contribution in [-0.4, -0.2) is 4.98 Å². The third-order valence-corrected chi connectivity index (χ3v) is 4.61. The molecule has 1 heterocycles. The first-order valence-electron chi connectivity index (χ1n) is 4.91. The number of rotatable bonds is 2. The molecule has 1 N–H and O–H groups in total. The Balaban J connectivity index is 2.42. The molecule has 0 saturated heterocycles. The number of aryl methyl sites for hydroxylation is 1. The summed E-state index contributed by atoms with van der Waals surface area (Å²) in [5, 5.41) is 3.30. The van der Waals surface area contributed by atoms with Crippen LogP contribution in [0.15, 0.2) is 43.9 Å². The number of hydrogen-bond acceptors (Lipinski definition) is 2. The van der Waals surface area contributed by atoms with Crippen molar-refractivity contribution in [2.75, 3.05) is 5.32 Å². The van der Waals surface area contributed by atoms with E-state index in [4.69, 9.17) is 0 Å². The van der Waals surface area contributed by atoms with Gasteiger partial charge in [-0.25, -0.2) is 4.98 Å². The van der Waals surface area contributed by atoms with Gasteiger partial charge in [0.25, 0.3) is 0 Å². The molecule has 1 aromatic heterocycles. The van der Waals surface area contributed by atoms with Gasteiger partial charge in [0, 0.05) is 15.1 Å². The van der Waals surface area contributed by atoms with Crippen molar-refractivity contribution in [2.45, 2.75) is 6.92 Å². The number of para-hydroxylation sites is 1. The van der Waals surface area contributed by atoms with Gasteiger partial charge in [0.05, 0.1) is 10.2 Å². The highest BCUT2D eigenvalue weighted by atomic mass is 79.9. The van der Waals surface area contributed by atoms with Gasteiger partial charge in [-0.15, -0.1) is 0 Å². The van der Waals surface area contributed by atoms with E-state index in [9.17, 15) is 0 Å². The molecule has 0 aliphatic heterocycles. The van der Waals surface area contributed by atoms with Crippen LogP contribution in [0, 0.1) is 6.92 Å². The van der Waals surface area contributed by atoms with Gasteiger partial charge in [-0.2, -0.15) is 0 Å². The minimum absolute atomic E-state index is 0.803. The number of nitrogens with one attached hydrogen (secondary N) is 1. The van der Waals surface area contributed by atoms with Gasteiger partial charge in [-0.3, -0.25) is 0 Å². The quantitative estimate of drug-likeness (QED) is 0.701. The van der Waals surface area contributed by atoms with Crippen LogP contribution in [0.4, 0.5) is 11.5 Å². The maximum absolute atomic E-state index is 4.32. The highest BCUT2D eigenvalue weighted by Crippen LogP contribution is 2.35. The van der Waals surface area contributed by atoms with Gasteiger partial charge in [0.15, 0.2) is 0 Å². The van der Waals surface area contributed by atoms with Crippen LogP contribution >= 0.6 is 47.8 Å². The Kier molecular flexibility index (Phi) is 4.22. The van der Waals surface area contributed by atoms with Gasteiger partial charge in [-0.05, 0) is 78.5 Å². The summed E-state index contributed by atoms with van der Waals surface area (Å²) < 4.78 is 2.95. The van der Waals surface area contributed by atoms with Gasteiger partial charge in [0.1, 0.15) is 5.82 Å². The number of aromatic nitrogens is 1. The zero-order chi connectivity index (χ0) is 12.4. The Bertz CT molecular complexity index is 535. The minimum atomic E-state index is 0.803. The molecule has 0 atom stereocenters. The summed E-state index contributed by atoms with van der Waals surface area (Å²) in [6.07, 6.45) is 1.78. The number of nitrogens with zero attached hydrogens (tertiary/aromatic N) is 1. The van der Waals surface area contributed by atoms with Crippen LogP contribution in [0.5, 0.6) is 0 Å². The van der Waals surface area contributed by atoms with E-state index in [0.717, 1.165) is 30.5 Å². The third kappa shape index (κ3) is 2.89. The molecular weight excluding hydrogens is 412 g/mol. The van der Waals surface area contributed by atoms with Crippen LogP contribution < -0.4 is 5.32 Å². The number of anilines is 2. The molecule has 5 heteroatoms. The molecule has 0 aliphatic carbocycles. The highest BCUT2D eigenvalue weighted by molar-refractivity contribution is 9.11. The maximum Gasteiger partial charge on any atom is 0.144 e. The van der Waals surface area contributed by atoms with Crippen molar-refractivity contribution in [2.24, 2.45) is 0 Å². The zero-order valence-electron chi connectivity index (χ0n) is 8.97. The third-order valence-electron chi connectivity index (χ3n) is 2.29. The van der Waals surface area contributed by atoms with E-state index in [1.54, 1.807) is 6.20 Å². The topological polar surface area (TPSA) is 24.9 Å². The highest BCUT2D eigenvalue weighted by Gasteiger charge is 2.09. The SMILES string of the molecule is Cc1ccnc(Nc2c(Br)cccc2Br)c1Br. The number of benzene rings is 1. The van der Waals surface area contributed by atoms with Crippen LogP contribution in [-0.2, 0) is 0 Å². The lowest BCUT2D eigenvalue weighted by molar-refractivity contribution is 1.25. The molecule has 0 saturated carbocycles. The summed E-state index contributed by atoms with van der Waals surface area (Å²) in [5.41, 5.74) is 2.11. The van der Waals surface area contributed by atoms with Crippen molar-refractivity contribution < 1.29 is 0 Å². The van der Waals surface area contributed by atoms with Crippen molar-refractivity contribution in [3.63, 3.8) is 0 Å². The van der Waals surface area contributed by atoms with Gasteiger partial charge >= 0.3 is 0 Å². The lowest BCUT2D eigenvalue weighted by atomic mass is 10.3. The predicted molar refractivity (Wildman–Crippen MR) is 81.8 cm³/mol. The van der Waals surface area contributed by atoms with Crippen molar-refractivity contribution in [1.29, 1.82) is 0 Å². The van der Waals surface area contributed by atoms with Crippen LogP contribution in [0.2, 0.25) is 0 Å². The molecule has 0 radical (unpaired) electrons. The number of pyridine rings is 1. The largest absolute Gasteiger partial charge is 0.337 e. The molecule has 0 unspecified atom stereocenters. The smallest absolute Gasteiger partial charge is 0.144 e. The molecule has 88 valence electrons. The fraction of sp³-hybridized carbons (Fsp3) is 0.0833. The normalized spacial score (nSPS) is 10.4. The van der Waals surface area contributed by atoms with Gasteiger partial charge in [0.2, 0.25) is 0 Å². The lowest BCUT2D eigenvalue weighted by Gasteiger charge is -2.12. The van der Waals surface area contributed by atoms with Gasteiger partial charge in [-0.1, -0.05) is 6.07 Å². The average molecular weight is 421 g/mol. The molecular formula is C12H9Br3N2. The van der Waals surface area contributed by atoms with E-state index in [0.29, 0.717) is 0 Å². The lowest BCUT2D eigenvalue weighted by Crippen LogP contribution is -1.97. The summed E-state index contributed by atoms with van der Waals surface area (Å²) in [7, 11) is 0. The van der Waals surface area contributed by atoms with E-state index in [-0.39, 0.29) is 0 Å². The van der Waals surface area contributed by atoms with Crippen LogP contribution in [0.3, 0.4) is 0 Å².